The molecule has 0 spiro atoms. The van der Waals surface area contributed by atoms with Crippen LogP contribution in [-0.2, 0) is 33.3 Å². The number of carbonyl (C=O) groups excluding carboxylic acids is 5. The van der Waals surface area contributed by atoms with Crippen LogP contribution in [0.5, 0.6) is 11.5 Å². The Morgan fingerprint density at radius 1 is 0.885 bits per heavy atom. The minimum atomic E-state index is -2.06. The summed E-state index contributed by atoms with van der Waals surface area (Å²) in [6, 6.07) is 7.03. The Bertz CT molecular complexity index is 2290. The Hall–Kier alpha value is -5.57. The van der Waals surface area contributed by atoms with E-state index in [0.29, 0.717) is 5.69 Å². The number of rotatable bonds is 4. The normalized spacial score (nSPS) is 32.2. The number of aromatic hydroxyl groups is 1. The summed E-state index contributed by atoms with van der Waals surface area (Å²) in [4.78, 5) is 70.3. The van der Waals surface area contributed by atoms with Crippen LogP contribution in [-0.4, -0.2) is 77.4 Å². The lowest BCUT2D eigenvalue weighted by atomic mass is 9.77. The summed E-state index contributed by atoms with van der Waals surface area (Å²) in [5, 5.41) is 17.2. The van der Waals surface area contributed by atoms with Crippen LogP contribution in [0.1, 0.15) is 105 Å². The van der Waals surface area contributed by atoms with E-state index in [1.165, 1.54) is 34.1 Å². The molecular formula is C47H56N2O12. The van der Waals surface area contributed by atoms with E-state index >= 15 is 0 Å². The fourth-order valence-electron chi connectivity index (χ4n) is 8.76. The van der Waals surface area contributed by atoms with Crippen LogP contribution in [0.15, 0.2) is 71.8 Å². The van der Waals surface area contributed by atoms with Gasteiger partial charge in [0, 0.05) is 61.5 Å². The molecule has 1 fully saturated rings. The number of nitrogens with one attached hydrogen (secondary N) is 2. The van der Waals surface area contributed by atoms with Gasteiger partial charge in [-0.3, -0.25) is 24.0 Å². The van der Waals surface area contributed by atoms with E-state index in [1.54, 1.807) is 43.4 Å². The van der Waals surface area contributed by atoms with Crippen molar-refractivity contribution in [3.8, 4) is 11.5 Å². The van der Waals surface area contributed by atoms with Gasteiger partial charge in [0.05, 0.1) is 41.3 Å². The van der Waals surface area contributed by atoms with Gasteiger partial charge in [-0.15, -0.1) is 0 Å². The first-order valence-electron chi connectivity index (χ1n) is 20.5. The summed E-state index contributed by atoms with van der Waals surface area (Å²) in [6.45, 7) is 19.1. The van der Waals surface area contributed by atoms with Crippen molar-refractivity contribution in [2.75, 3.05) is 12.4 Å². The van der Waals surface area contributed by atoms with Crippen LogP contribution < -0.4 is 15.4 Å². The van der Waals surface area contributed by atoms with Gasteiger partial charge in [-0.25, -0.2) is 0 Å². The van der Waals surface area contributed by atoms with Crippen LogP contribution in [0, 0.1) is 37.5 Å². The standard InChI is InChI=1S/C47H56N2O12/c1-22-15-13-18-30(21-22)48-35-36-39(53)33-32(38(35)52)34-43(26(5)37(33)51)61-47(11,44(34)54)57-20-19-31(56-12)25(4)41(58-29(8)50)28(7)42-27(6)40(59-46(9,10)60-42)23(2)16-14-17-24(3)45(55)49-36/h13-21,23,25,27-28,31,40-42,48,51H,1-12H3,(H,49,55)/b16-14-,20-19-,24-17-/t23-,25+,27+,28+,31-,40-,41+,42-,47-/m0/s1. The molecule has 4 heterocycles. The van der Waals surface area contributed by atoms with Crippen molar-refractivity contribution in [2.24, 2.45) is 23.7 Å². The number of amides is 1. The Balaban J connectivity index is 1.51. The molecule has 61 heavy (non-hydrogen) atoms. The molecule has 1 amide bonds. The van der Waals surface area contributed by atoms with Crippen molar-refractivity contribution < 1.29 is 57.5 Å². The number of phenolic OH excluding ortho intramolecular Hbond substituents is 1. The molecule has 1 aliphatic carbocycles. The predicted molar refractivity (Wildman–Crippen MR) is 225 cm³/mol. The second-order valence-corrected chi connectivity index (χ2v) is 17.1. The highest BCUT2D eigenvalue weighted by Gasteiger charge is 2.53. The number of benzene rings is 2. The summed E-state index contributed by atoms with van der Waals surface area (Å²) in [7, 11) is 1.50. The first-order chi connectivity index (χ1) is 28.6. The number of ketones is 3. The third-order valence-corrected chi connectivity index (χ3v) is 12.0. The molecule has 4 aliphatic heterocycles. The third kappa shape index (κ3) is 8.53. The second kappa shape index (κ2) is 17.1. The van der Waals surface area contributed by atoms with Gasteiger partial charge in [0.15, 0.2) is 5.79 Å². The van der Waals surface area contributed by atoms with Gasteiger partial charge in [-0.2, -0.15) is 0 Å². The van der Waals surface area contributed by atoms with Crippen molar-refractivity contribution in [1.82, 2.24) is 5.32 Å². The SMILES string of the molecule is CO[C@H]1/C=C\O[C@@]2(C)Oc3c(C)c(O)c4c(c3C2=O)C(=O)C(Nc2cccc(C)c2)=C(NC(=O)/C(C)=C\C=C/[C@H](C)[C@@H]2OC(C)(C)O[C@H]([C@H](C)[C@H](OC(C)=O)[C@@H]1C)[C@@H]2C)C4=O. The highest BCUT2D eigenvalue weighted by Crippen LogP contribution is 2.49. The van der Waals surface area contributed by atoms with Gasteiger partial charge in [-0.05, 0) is 58.4 Å². The molecule has 3 N–H and O–H groups in total. The summed E-state index contributed by atoms with van der Waals surface area (Å²) in [6.07, 6.45) is 5.77. The Morgan fingerprint density at radius 2 is 1.57 bits per heavy atom. The van der Waals surface area contributed by atoms with Gasteiger partial charge in [-0.1, -0.05) is 58.1 Å². The molecule has 14 nitrogen and oxygen atoms in total. The molecule has 5 aliphatic rings. The number of fused-ring (bicyclic) bond motifs is 10. The number of aryl methyl sites for hydroxylation is 1. The minimum absolute atomic E-state index is 0.0107. The quantitative estimate of drug-likeness (QED) is 0.264. The zero-order valence-corrected chi connectivity index (χ0v) is 36.8. The van der Waals surface area contributed by atoms with Crippen molar-refractivity contribution in [2.45, 2.75) is 112 Å². The first-order valence-corrected chi connectivity index (χ1v) is 20.5. The maximum absolute atomic E-state index is 14.8. The number of methoxy groups -OCH3 is 1. The van der Waals surface area contributed by atoms with E-state index in [0.717, 1.165) is 5.56 Å². The molecule has 0 radical (unpaired) electrons. The number of ether oxygens (including phenoxy) is 6. The lowest BCUT2D eigenvalue weighted by molar-refractivity contribution is -0.336. The predicted octanol–water partition coefficient (Wildman–Crippen LogP) is 7.18. The van der Waals surface area contributed by atoms with E-state index in [2.05, 4.69) is 10.6 Å². The fourth-order valence-corrected chi connectivity index (χ4v) is 8.76. The van der Waals surface area contributed by atoms with Gasteiger partial charge in [0.25, 0.3) is 11.7 Å². The van der Waals surface area contributed by atoms with E-state index < -0.39 is 87.6 Å². The Morgan fingerprint density at radius 3 is 2.23 bits per heavy atom. The average Bonchev–Trinajstić information content (AvgIpc) is 3.46. The van der Waals surface area contributed by atoms with Gasteiger partial charge in [0.2, 0.25) is 11.6 Å². The van der Waals surface area contributed by atoms with E-state index in [-0.39, 0.29) is 52.0 Å². The molecule has 7 rings (SSSR count). The number of hydrogen-bond donors (Lipinski definition) is 3. The number of esters is 1. The molecule has 0 unspecified atom stereocenters. The van der Waals surface area contributed by atoms with E-state index in [9.17, 15) is 29.1 Å². The molecule has 14 heteroatoms. The van der Waals surface area contributed by atoms with Gasteiger partial charge in [0.1, 0.15) is 29.0 Å². The topological polar surface area (TPSA) is 185 Å². The summed E-state index contributed by atoms with van der Waals surface area (Å²) in [5.41, 5.74) is -0.358. The number of anilines is 1. The molecular weight excluding hydrogens is 785 g/mol. The van der Waals surface area contributed by atoms with Crippen LogP contribution in [0.2, 0.25) is 0 Å². The summed E-state index contributed by atoms with van der Waals surface area (Å²) >= 11 is 0. The maximum Gasteiger partial charge on any atom is 0.312 e. The minimum Gasteiger partial charge on any atom is -0.507 e. The molecule has 326 valence electrons. The fraction of sp³-hybridized carbons (Fsp3) is 0.468. The maximum atomic E-state index is 14.8. The van der Waals surface area contributed by atoms with E-state index in [4.69, 9.17) is 28.4 Å². The van der Waals surface area contributed by atoms with Crippen molar-refractivity contribution >= 4 is 34.9 Å². The van der Waals surface area contributed by atoms with Crippen LogP contribution in [0.25, 0.3) is 0 Å². The molecule has 1 saturated heterocycles. The molecule has 2 aromatic rings. The zero-order valence-electron chi connectivity index (χ0n) is 36.8. The lowest BCUT2D eigenvalue weighted by Crippen LogP contribution is -2.56. The largest absolute Gasteiger partial charge is 0.507 e. The number of Topliss-reactive ketones (excluding diaryl/α,β-unsaturated/α-hetero) is 3. The van der Waals surface area contributed by atoms with Gasteiger partial charge >= 0.3 is 11.8 Å². The molecule has 0 saturated carbocycles. The first kappa shape index (κ1) is 45.0. The third-order valence-electron chi connectivity index (χ3n) is 12.0. The van der Waals surface area contributed by atoms with Crippen molar-refractivity contribution in [1.29, 1.82) is 0 Å². The number of carbonyl (C=O) groups is 5. The highest BCUT2D eigenvalue weighted by atomic mass is 16.7. The highest BCUT2D eigenvalue weighted by molar-refractivity contribution is 6.33. The van der Waals surface area contributed by atoms with Crippen molar-refractivity contribution in [3.63, 3.8) is 0 Å². The number of allylic oxidation sites excluding steroid dienone is 4. The lowest BCUT2D eigenvalue weighted by Gasteiger charge is -2.50. The monoisotopic (exact) mass is 840 g/mol. The number of hydrogen-bond acceptors (Lipinski definition) is 13. The smallest absolute Gasteiger partial charge is 0.312 e. The van der Waals surface area contributed by atoms with E-state index in [1.807, 2.05) is 60.6 Å². The molecule has 9 atom stereocenters. The molecule has 7 bridgehead atoms. The zero-order chi connectivity index (χ0) is 44.9. The molecule has 2 aromatic carbocycles. The second-order valence-electron chi connectivity index (χ2n) is 17.1. The summed E-state index contributed by atoms with van der Waals surface area (Å²) < 4.78 is 37.1. The average molecular weight is 841 g/mol. The molecule has 0 aromatic heterocycles. The van der Waals surface area contributed by atoms with Crippen LogP contribution in [0.4, 0.5) is 5.69 Å². The van der Waals surface area contributed by atoms with Gasteiger partial charge < -0.3 is 44.2 Å². The Kier molecular flexibility index (Phi) is 12.6. The van der Waals surface area contributed by atoms with Crippen LogP contribution in [0.3, 0.4) is 0 Å². The van der Waals surface area contributed by atoms with Crippen LogP contribution >= 0.6 is 0 Å². The Labute approximate surface area is 356 Å². The van der Waals surface area contributed by atoms with Crippen molar-refractivity contribution in [3.05, 3.63) is 99.6 Å². The summed E-state index contributed by atoms with van der Waals surface area (Å²) in [5.74, 6) is -8.76. The number of phenols is 1.